The van der Waals surface area contributed by atoms with Crippen molar-refractivity contribution in [1.29, 1.82) is 0 Å². The predicted molar refractivity (Wildman–Crippen MR) is 75.2 cm³/mol. The Kier molecular flexibility index (Phi) is 5.52. The Morgan fingerprint density at radius 1 is 1.20 bits per heavy atom. The van der Waals surface area contributed by atoms with E-state index in [0.717, 1.165) is 0 Å². The molecule has 1 fully saturated rings. The number of likely N-dealkylation sites (tertiary alicyclic amines) is 1. The zero-order chi connectivity index (χ0) is 15.5. The van der Waals surface area contributed by atoms with Gasteiger partial charge in [-0.05, 0) is 19.8 Å². The molecule has 116 valence electrons. The maximum Gasteiger partial charge on any atom is 0.236 e. The van der Waals surface area contributed by atoms with Crippen molar-refractivity contribution in [2.45, 2.75) is 44.9 Å². The van der Waals surface area contributed by atoms with Crippen molar-refractivity contribution in [3.8, 4) is 0 Å². The third-order valence-electron chi connectivity index (χ3n) is 3.50. The van der Waals surface area contributed by atoms with Crippen LogP contribution in [0.25, 0.3) is 0 Å². The first-order valence-electron chi connectivity index (χ1n) is 6.74. The molecule has 0 aromatic heterocycles. The van der Waals surface area contributed by atoms with Gasteiger partial charge in [0.05, 0.1) is 0 Å². The average Bonchev–Trinajstić information content (AvgIpc) is 2.37. The number of carbonyl (C=O) groups is 2. The minimum atomic E-state index is -3.74. The maximum atomic E-state index is 11.9. The molecule has 0 radical (unpaired) electrons. The summed E-state index contributed by atoms with van der Waals surface area (Å²) in [6.45, 7) is 5.99. The van der Waals surface area contributed by atoms with Crippen LogP contribution in [-0.2, 0) is 19.6 Å². The van der Waals surface area contributed by atoms with Gasteiger partial charge in [0.15, 0.2) is 5.25 Å². The number of carbonyl (C=O) groups excluding carboxylic acids is 2. The highest BCUT2D eigenvalue weighted by Crippen LogP contribution is 2.14. The van der Waals surface area contributed by atoms with Crippen molar-refractivity contribution in [2.24, 2.45) is 11.7 Å². The summed E-state index contributed by atoms with van der Waals surface area (Å²) in [6, 6.07) is -0.252. The van der Waals surface area contributed by atoms with E-state index in [1.807, 2.05) is 13.8 Å². The van der Waals surface area contributed by atoms with Crippen molar-refractivity contribution in [3.05, 3.63) is 0 Å². The van der Waals surface area contributed by atoms with Gasteiger partial charge in [0.25, 0.3) is 0 Å². The lowest BCUT2D eigenvalue weighted by Crippen LogP contribution is -2.50. The molecule has 0 aromatic rings. The van der Waals surface area contributed by atoms with E-state index in [-0.39, 0.29) is 17.9 Å². The monoisotopic (exact) mass is 305 g/mol. The number of nitrogens with zero attached hydrogens (tertiary/aromatic N) is 1. The molecule has 1 saturated heterocycles. The van der Waals surface area contributed by atoms with Gasteiger partial charge < -0.3 is 10.6 Å². The molecule has 1 atom stereocenters. The molecule has 8 heteroatoms. The molecular weight excluding hydrogens is 282 g/mol. The first-order valence-corrected chi connectivity index (χ1v) is 8.29. The molecule has 0 saturated carbocycles. The Balaban J connectivity index is 2.55. The molecular formula is C12H23N3O4S. The molecule has 3 N–H and O–H groups in total. The quantitative estimate of drug-likeness (QED) is 0.708. The topological polar surface area (TPSA) is 110 Å². The molecule has 1 rings (SSSR count). The van der Waals surface area contributed by atoms with Crippen LogP contribution in [0.5, 0.6) is 0 Å². The number of sulfonamides is 1. The number of nitrogens with one attached hydrogen (secondary N) is 1. The summed E-state index contributed by atoms with van der Waals surface area (Å²) in [6.07, 6.45) is 1.09. The number of hydrogen-bond acceptors (Lipinski definition) is 4. The highest BCUT2D eigenvalue weighted by atomic mass is 32.2. The van der Waals surface area contributed by atoms with Gasteiger partial charge >= 0.3 is 0 Å². The van der Waals surface area contributed by atoms with Gasteiger partial charge in [0.2, 0.25) is 21.8 Å². The number of primary amides is 1. The summed E-state index contributed by atoms with van der Waals surface area (Å²) in [4.78, 5) is 24.5. The highest BCUT2D eigenvalue weighted by Gasteiger charge is 2.31. The summed E-state index contributed by atoms with van der Waals surface area (Å²) >= 11 is 0. The Morgan fingerprint density at radius 3 is 2.10 bits per heavy atom. The van der Waals surface area contributed by atoms with Crippen LogP contribution >= 0.6 is 0 Å². The van der Waals surface area contributed by atoms with Crippen LogP contribution in [0.15, 0.2) is 0 Å². The second kappa shape index (κ2) is 6.53. The molecule has 1 aliphatic heterocycles. The number of rotatable bonds is 5. The van der Waals surface area contributed by atoms with Gasteiger partial charge in [0, 0.05) is 25.0 Å². The van der Waals surface area contributed by atoms with Gasteiger partial charge in [-0.15, -0.1) is 0 Å². The number of nitrogens with two attached hydrogens (primary N) is 1. The van der Waals surface area contributed by atoms with E-state index in [4.69, 9.17) is 5.73 Å². The minimum Gasteiger partial charge on any atom is -0.369 e. The summed E-state index contributed by atoms with van der Waals surface area (Å²) < 4.78 is 26.2. The summed E-state index contributed by atoms with van der Waals surface area (Å²) in [5, 5.41) is -1.25. The van der Waals surface area contributed by atoms with Crippen molar-refractivity contribution in [3.63, 3.8) is 0 Å². The molecule has 0 spiro atoms. The van der Waals surface area contributed by atoms with Crippen LogP contribution < -0.4 is 10.5 Å². The fraction of sp³-hybridized carbons (Fsp3) is 0.833. The molecule has 2 amide bonds. The fourth-order valence-corrected chi connectivity index (χ4v) is 3.28. The zero-order valence-corrected chi connectivity index (χ0v) is 12.9. The van der Waals surface area contributed by atoms with Gasteiger partial charge in [-0.2, -0.15) is 0 Å². The van der Waals surface area contributed by atoms with Crippen molar-refractivity contribution in [2.75, 3.05) is 13.1 Å². The van der Waals surface area contributed by atoms with E-state index >= 15 is 0 Å². The van der Waals surface area contributed by atoms with E-state index in [2.05, 4.69) is 4.72 Å². The van der Waals surface area contributed by atoms with Crippen LogP contribution in [0.1, 0.15) is 33.6 Å². The highest BCUT2D eigenvalue weighted by molar-refractivity contribution is 7.90. The molecule has 0 aliphatic carbocycles. The smallest absolute Gasteiger partial charge is 0.236 e. The first kappa shape index (κ1) is 16.9. The maximum absolute atomic E-state index is 11.9. The summed E-state index contributed by atoms with van der Waals surface area (Å²) in [5.41, 5.74) is 5.01. The Bertz CT molecular complexity index is 467. The summed E-state index contributed by atoms with van der Waals surface area (Å²) in [5.74, 6) is -0.847. The standard InChI is InChI=1S/C12H23N3O4S/c1-8(2)12(17)15-6-4-10(5-7-15)14-20(18,19)9(3)11(13)16/h8-10,14H,4-7H2,1-3H3,(H2,13,16). The van der Waals surface area contributed by atoms with Gasteiger partial charge in [-0.25, -0.2) is 13.1 Å². The second-order valence-electron chi connectivity index (χ2n) is 5.46. The first-order chi connectivity index (χ1) is 9.15. The SMILES string of the molecule is CC(C)C(=O)N1CCC(NS(=O)(=O)C(C)C(N)=O)CC1. The van der Waals surface area contributed by atoms with Gasteiger partial charge in [-0.3, -0.25) is 9.59 Å². The average molecular weight is 305 g/mol. The molecule has 7 nitrogen and oxygen atoms in total. The van der Waals surface area contributed by atoms with Crippen LogP contribution in [0, 0.1) is 5.92 Å². The Labute approximate surface area is 119 Å². The van der Waals surface area contributed by atoms with Crippen LogP contribution in [0.3, 0.4) is 0 Å². The molecule has 1 unspecified atom stereocenters. The van der Waals surface area contributed by atoms with Crippen molar-refractivity contribution < 1.29 is 18.0 Å². The van der Waals surface area contributed by atoms with Crippen LogP contribution in [0.4, 0.5) is 0 Å². The lowest BCUT2D eigenvalue weighted by molar-refractivity contribution is -0.135. The van der Waals surface area contributed by atoms with E-state index in [9.17, 15) is 18.0 Å². The van der Waals surface area contributed by atoms with E-state index < -0.39 is 21.2 Å². The molecule has 1 aliphatic rings. The largest absolute Gasteiger partial charge is 0.369 e. The van der Waals surface area contributed by atoms with Crippen LogP contribution in [0.2, 0.25) is 0 Å². The number of hydrogen-bond donors (Lipinski definition) is 2. The minimum absolute atomic E-state index is 0.0573. The zero-order valence-electron chi connectivity index (χ0n) is 12.1. The van der Waals surface area contributed by atoms with Gasteiger partial charge in [-0.1, -0.05) is 13.8 Å². The molecule has 1 heterocycles. The number of piperidine rings is 1. The van der Waals surface area contributed by atoms with Crippen molar-refractivity contribution in [1.82, 2.24) is 9.62 Å². The van der Waals surface area contributed by atoms with Crippen molar-refractivity contribution >= 4 is 21.8 Å². The normalized spacial score (nSPS) is 19.1. The molecule has 0 aromatic carbocycles. The molecule has 20 heavy (non-hydrogen) atoms. The van der Waals surface area contributed by atoms with Gasteiger partial charge in [0.1, 0.15) is 0 Å². The third-order valence-corrected chi connectivity index (χ3v) is 5.32. The Hall–Kier alpha value is -1.15. The summed E-state index contributed by atoms with van der Waals surface area (Å²) in [7, 11) is -3.74. The fourth-order valence-electron chi connectivity index (χ4n) is 2.07. The van der Waals surface area contributed by atoms with E-state index in [1.165, 1.54) is 6.92 Å². The van der Waals surface area contributed by atoms with Crippen LogP contribution in [-0.4, -0.2) is 49.5 Å². The predicted octanol–water partition coefficient (Wildman–Crippen LogP) is -0.573. The second-order valence-corrected chi connectivity index (χ2v) is 7.49. The van der Waals surface area contributed by atoms with E-state index in [0.29, 0.717) is 25.9 Å². The lowest BCUT2D eigenvalue weighted by atomic mass is 10.0. The number of amides is 2. The molecule has 0 bridgehead atoms. The third kappa shape index (κ3) is 4.17. The lowest BCUT2D eigenvalue weighted by Gasteiger charge is -2.33. The van der Waals surface area contributed by atoms with E-state index in [1.54, 1.807) is 4.90 Å². The Morgan fingerprint density at radius 2 is 1.70 bits per heavy atom.